The Kier molecular flexibility index (Phi) is 9.31. The van der Waals surface area contributed by atoms with Gasteiger partial charge >= 0.3 is 5.97 Å². The van der Waals surface area contributed by atoms with Gasteiger partial charge in [0.15, 0.2) is 0 Å². The first-order chi connectivity index (χ1) is 10.6. The highest BCUT2D eigenvalue weighted by atomic mass is 35.5. The molecule has 0 spiro atoms. The van der Waals surface area contributed by atoms with Crippen LogP contribution < -0.4 is 5.32 Å². The van der Waals surface area contributed by atoms with Gasteiger partial charge in [0.2, 0.25) is 0 Å². The highest BCUT2D eigenvalue weighted by molar-refractivity contribution is 6.30. The summed E-state index contributed by atoms with van der Waals surface area (Å²) in [4.78, 5) is 23.3. The van der Waals surface area contributed by atoms with Gasteiger partial charge in [-0.3, -0.25) is 9.59 Å². The summed E-state index contributed by atoms with van der Waals surface area (Å²) in [5, 5.41) is 3.27. The molecule has 0 fully saturated rings. The van der Waals surface area contributed by atoms with Crippen LogP contribution in [0.25, 0.3) is 0 Å². The largest absolute Gasteiger partial charge is 0.466 e. The topological polar surface area (TPSA) is 55.4 Å². The van der Waals surface area contributed by atoms with Crippen LogP contribution in [0.15, 0.2) is 24.3 Å². The number of unbranched alkanes of at least 4 members (excludes halogenated alkanes) is 4. The van der Waals surface area contributed by atoms with Crippen molar-refractivity contribution in [2.45, 2.75) is 45.4 Å². The van der Waals surface area contributed by atoms with E-state index in [4.69, 9.17) is 16.3 Å². The van der Waals surface area contributed by atoms with E-state index < -0.39 is 0 Å². The van der Waals surface area contributed by atoms with Crippen molar-refractivity contribution in [1.29, 1.82) is 0 Å². The molecule has 0 aliphatic rings. The molecule has 1 N–H and O–H groups in total. The summed E-state index contributed by atoms with van der Waals surface area (Å²) in [5.74, 6) is -0.490. The fourth-order valence-corrected chi connectivity index (χ4v) is 2.07. The van der Waals surface area contributed by atoms with E-state index in [2.05, 4.69) is 12.2 Å². The van der Waals surface area contributed by atoms with Crippen LogP contribution in [0.2, 0.25) is 5.02 Å². The summed E-state index contributed by atoms with van der Waals surface area (Å²) < 4.78 is 5.12. The number of benzene rings is 1. The molecule has 0 saturated carbocycles. The van der Waals surface area contributed by atoms with Crippen LogP contribution in [0.5, 0.6) is 0 Å². The molecule has 122 valence electrons. The maximum atomic E-state index is 11.8. The lowest BCUT2D eigenvalue weighted by molar-refractivity contribution is -0.143. The van der Waals surface area contributed by atoms with E-state index in [1.54, 1.807) is 24.3 Å². The number of carbonyl (C=O) groups excluding carboxylic acids is 2. The second kappa shape index (κ2) is 11.1. The Labute approximate surface area is 137 Å². The van der Waals surface area contributed by atoms with Gasteiger partial charge in [-0.25, -0.2) is 0 Å². The van der Waals surface area contributed by atoms with Crippen molar-refractivity contribution in [3.05, 3.63) is 34.9 Å². The number of hydrogen-bond donors (Lipinski definition) is 1. The lowest BCUT2D eigenvalue weighted by Gasteiger charge is -2.06. The standard InChI is InChI=1S/C17H24ClNO3/c1-2-3-4-5-6-13-22-16(20)11-12-19-17(21)14-7-9-15(18)10-8-14/h7-10H,2-6,11-13H2,1H3,(H,19,21). The predicted octanol–water partition coefficient (Wildman–Crippen LogP) is 3.97. The van der Waals surface area contributed by atoms with E-state index in [9.17, 15) is 9.59 Å². The molecule has 0 saturated heterocycles. The van der Waals surface area contributed by atoms with Crippen molar-refractivity contribution in [1.82, 2.24) is 5.32 Å². The maximum Gasteiger partial charge on any atom is 0.307 e. The van der Waals surface area contributed by atoms with E-state index >= 15 is 0 Å². The average Bonchev–Trinajstić information content (AvgIpc) is 2.51. The zero-order valence-corrected chi connectivity index (χ0v) is 13.8. The number of rotatable bonds is 10. The van der Waals surface area contributed by atoms with Gasteiger partial charge < -0.3 is 10.1 Å². The molecule has 0 unspecified atom stereocenters. The molecule has 0 bridgehead atoms. The smallest absolute Gasteiger partial charge is 0.307 e. The first kappa shape index (κ1) is 18.5. The van der Waals surface area contributed by atoms with Crippen molar-refractivity contribution in [3.8, 4) is 0 Å². The molecule has 0 aliphatic heterocycles. The minimum atomic E-state index is -0.271. The molecule has 0 aliphatic carbocycles. The number of amides is 1. The van der Waals surface area contributed by atoms with Crippen molar-refractivity contribution in [2.24, 2.45) is 0 Å². The monoisotopic (exact) mass is 325 g/mol. The molecule has 22 heavy (non-hydrogen) atoms. The van der Waals surface area contributed by atoms with Gasteiger partial charge in [-0.15, -0.1) is 0 Å². The summed E-state index contributed by atoms with van der Waals surface area (Å²) in [6, 6.07) is 6.60. The Morgan fingerprint density at radius 2 is 1.77 bits per heavy atom. The van der Waals surface area contributed by atoms with Crippen LogP contribution in [0.4, 0.5) is 0 Å². The Balaban J connectivity index is 2.09. The average molecular weight is 326 g/mol. The van der Waals surface area contributed by atoms with Gasteiger partial charge in [0.1, 0.15) is 0 Å². The second-order valence-corrected chi connectivity index (χ2v) is 5.58. The highest BCUT2D eigenvalue weighted by Gasteiger charge is 2.07. The number of carbonyl (C=O) groups is 2. The van der Waals surface area contributed by atoms with Crippen LogP contribution in [-0.4, -0.2) is 25.0 Å². The minimum absolute atomic E-state index is 0.189. The van der Waals surface area contributed by atoms with Crippen LogP contribution in [0, 0.1) is 0 Å². The van der Waals surface area contributed by atoms with Gasteiger partial charge in [-0.2, -0.15) is 0 Å². The number of esters is 1. The van der Waals surface area contributed by atoms with E-state index in [1.165, 1.54) is 19.3 Å². The van der Waals surface area contributed by atoms with E-state index in [-0.39, 0.29) is 24.8 Å². The van der Waals surface area contributed by atoms with E-state index in [0.717, 1.165) is 12.8 Å². The summed E-state index contributed by atoms with van der Waals surface area (Å²) in [7, 11) is 0. The van der Waals surface area contributed by atoms with Gasteiger partial charge in [-0.05, 0) is 30.7 Å². The molecule has 1 aromatic rings. The molecular weight excluding hydrogens is 302 g/mol. The van der Waals surface area contributed by atoms with Crippen molar-refractivity contribution in [2.75, 3.05) is 13.2 Å². The molecule has 0 heterocycles. The first-order valence-corrected chi connectivity index (χ1v) is 8.20. The third-order valence-electron chi connectivity index (χ3n) is 3.23. The Morgan fingerprint density at radius 1 is 1.09 bits per heavy atom. The second-order valence-electron chi connectivity index (χ2n) is 5.15. The van der Waals surface area contributed by atoms with E-state index in [1.807, 2.05) is 0 Å². The van der Waals surface area contributed by atoms with Crippen LogP contribution in [-0.2, 0) is 9.53 Å². The zero-order chi connectivity index (χ0) is 16.2. The van der Waals surface area contributed by atoms with Gasteiger partial charge in [0.25, 0.3) is 5.91 Å². The molecule has 0 atom stereocenters. The molecular formula is C17H24ClNO3. The molecule has 1 aromatic carbocycles. The van der Waals surface area contributed by atoms with Gasteiger partial charge in [0, 0.05) is 17.1 Å². The minimum Gasteiger partial charge on any atom is -0.466 e. The van der Waals surface area contributed by atoms with Crippen molar-refractivity contribution < 1.29 is 14.3 Å². The molecule has 0 aromatic heterocycles. The molecule has 1 rings (SSSR count). The summed E-state index contributed by atoms with van der Waals surface area (Å²) in [5.41, 5.74) is 0.522. The summed E-state index contributed by atoms with van der Waals surface area (Å²) in [6.45, 7) is 2.90. The maximum absolute atomic E-state index is 11.8. The number of ether oxygens (including phenoxy) is 1. The third-order valence-corrected chi connectivity index (χ3v) is 3.48. The van der Waals surface area contributed by atoms with Crippen molar-refractivity contribution >= 4 is 23.5 Å². The predicted molar refractivity (Wildman–Crippen MR) is 88.1 cm³/mol. The lowest BCUT2D eigenvalue weighted by atomic mass is 10.2. The third kappa shape index (κ3) is 8.03. The Morgan fingerprint density at radius 3 is 2.45 bits per heavy atom. The van der Waals surface area contributed by atoms with Crippen molar-refractivity contribution in [3.63, 3.8) is 0 Å². The summed E-state index contributed by atoms with van der Waals surface area (Å²) >= 11 is 5.76. The SMILES string of the molecule is CCCCCCCOC(=O)CCNC(=O)c1ccc(Cl)cc1. The molecule has 1 amide bonds. The molecule has 4 nitrogen and oxygen atoms in total. The Bertz CT molecular complexity index is 459. The van der Waals surface area contributed by atoms with Crippen LogP contribution >= 0.6 is 11.6 Å². The fourth-order valence-electron chi connectivity index (χ4n) is 1.95. The zero-order valence-electron chi connectivity index (χ0n) is 13.1. The number of hydrogen-bond acceptors (Lipinski definition) is 3. The van der Waals surface area contributed by atoms with E-state index in [0.29, 0.717) is 17.2 Å². The highest BCUT2D eigenvalue weighted by Crippen LogP contribution is 2.09. The number of halogens is 1. The lowest BCUT2D eigenvalue weighted by Crippen LogP contribution is -2.26. The van der Waals surface area contributed by atoms with Crippen LogP contribution in [0.1, 0.15) is 55.8 Å². The molecule has 0 radical (unpaired) electrons. The van der Waals surface area contributed by atoms with Gasteiger partial charge in [0.05, 0.1) is 13.0 Å². The Hall–Kier alpha value is -1.55. The quantitative estimate of drug-likeness (QED) is 0.523. The summed E-state index contributed by atoms with van der Waals surface area (Å²) in [6.07, 6.45) is 5.80. The fraction of sp³-hybridized carbons (Fsp3) is 0.529. The number of nitrogens with one attached hydrogen (secondary N) is 1. The van der Waals surface area contributed by atoms with Crippen LogP contribution in [0.3, 0.4) is 0 Å². The molecule has 5 heteroatoms. The van der Waals surface area contributed by atoms with Gasteiger partial charge in [-0.1, -0.05) is 44.2 Å². The normalized spacial score (nSPS) is 10.3. The first-order valence-electron chi connectivity index (χ1n) is 7.83.